The van der Waals surface area contributed by atoms with E-state index in [1.54, 1.807) is 18.3 Å². The fraction of sp³-hybridized carbons (Fsp3) is 0.267. The number of aromatic nitrogens is 1. The third-order valence-corrected chi connectivity index (χ3v) is 3.61. The highest BCUT2D eigenvalue weighted by Crippen LogP contribution is 2.26. The van der Waals surface area contributed by atoms with Crippen LogP contribution in [0.2, 0.25) is 10.0 Å². The number of benzene rings is 1. The molecule has 106 valence electrons. The first-order valence-electron chi connectivity index (χ1n) is 6.38. The summed E-state index contributed by atoms with van der Waals surface area (Å²) in [6, 6.07) is 6.78. The molecule has 5 heteroatoms. The summed E-state index contributed by atoms with van der Waals surface area (Å²) < 4.78 is 13.3. The van der Waals surface area contributed by atoms with E-state index in [0.29, 0.717) is 16.5 Å². The SMILES string of the molecule is CCNC(Cc1cc(Cl)ccc1Cl)c1cncc(F)c1. The van der Waals surface area contributed by atoms with E-state index in [4.69, 9.17) is 23.2 Å². The molecule has 0 aliphatic heterocycles. The number of pyridine rings is 1. The summed E-state index contributed by atoms with van der Waals surface area (Å²) in [5.41, 5.74) is 1.72. The molecule has 1 N–H and O–H groups in total. The van der Waals surface area contributed by atoms with Gasteiger partial charge in [0.05, 0.1) is 6.20 Å². The highest BCUT2D eigenvalue weighted by atomic mass is 35.5. The van der Waals surface area contributed by atoms with Crippen LogP contribution in [0.4, 0.5) is 4.39 Å². The van der Waals surface area contributed by atoms with Gasteiger partial charge in [0.15, 0.2) is 0 Å². The molecular weight excluding hydrogens is 298 g/mol. The molecule has 0 radical (unpaired) electrons. The van der Waals surface area contributed by atoms with E-state index < -0.39 is 0 Å². The van der Waals surface area contributed by atoms with Crippen LogP contribution >= 0.6 is 23.2 Å². The molecule has 1 atom stereocenters. The number of likely N-dealkylation sites (N-methyl/N-ethyl adjacent to an activating group) is 1. The molecule has 2 rings (SSSR count). The van der Waals surface area contributed by atoms with Crippen LogP contribution in [0.1, 0.15) is 24.1 Å². The van der Waals surface area contributed by atoms with E-state index in [1.165, 1.54) is 12.3 Å². The maximum absolute atomic E-state index is 13.3. The van der Waals surface area contributed by atoms with Crippen molar-refractivity contribution >= 4 is 23.2 Å². The van der Waals surface area contributed by atoms with Crippen molar-refractivity contribution in [2.45, 2.75) is 19.4 Å². The van der Waals surface area contributed by atoms with Crippen molar-refractivity contribution in [1.82, 2.24) is 10.3 Å². The predicted molar refractivity (Wildman–Crippen MR) is 80.8 cm³/mol. The van der Waals surface area contributed by atoms with Gasteiger partial charge in [-0.1, -0.05) is 30.1 Å². The minimum atomic E-state index is -0.345. The molecule has 2 nitrogen and oxygen atoms in total. The zero-order valence-electron chi connectivity index (χ0n) is 11.0. The van der Waals surface area contributed by atoms with Crippen LogP contribution in [0.25, 0.3) is 0 Å². The fourth-order valence-corrected chi connectivity index (χ4v) is 2.48. The van der Waals surface area contributed by atoms with Crippen LogP contribution in [-0.2, 0) is 6.42 Å². The monoisotopic (exact) mass is 312 g/mol. The zero-order chi connectivity index (χ0) is 14.5. The molecular formula is C15H15Cl2FN2. The van der Waals surface area contributed by atoms with Crippen molar-refractivity contribution in [3.8, 4) is 0 Å². The van der Waals surface area contributed by atoms with Crippen molar-refractivity contribution < 1.29 is 4.39 Å². The second-order valence-electron chi connectivity index (χ2n) is 4.49. The van der Waals surface area contributed by atoms with E-state index >= 15 is 0 Å². The predicted octanol–water partition coefficient (Wildman–Crippen LogP) is 4.42. The molecule has 1 aromatic carbocycles. The third kappa shape index (κ3) is 3.92. The Bertz CT molecular complexity index is 590. The Morgan fingerprint density at radius 2 is 2.05 bits per heavy atom. The summed E-state index contributed by atoms with van der Waals surface area (Å²) in [7, 11) is 0. The number of rotatable bonds is 5. The van der Waals surface area contributed by atoms with Crippen LogP contribution in [0.15, 0.2) is 36.7 Å². The Balaban J connectivity index is 2.27. The van der Waals surface area contributed by atoms with Crippen molar-refractivity contribution in [1.29, 1.82) is 0 Å². The second kappa shape index (κ2) is 7.02. The summed E-state index contributed by atoms with van der Waals surface area (Å²) in [6.45, 7) is 2.76. The first kappa shape index (κ1) is 15.2. The number of nitrogens with one attached hydrogen (secondary N) is 1. The average Bonchev–Trinajstić information content (AvgIpc) is 2.42. The molecule has 0 bridgehead atoms. The van der Waals surface area contributed by atoms with Gasteiger partial charge in [-0.15, -0.1) is 0 Å². The smallest absolute Gasteiger partial charge is 0.141 e. The summed E-state index contributed by atoms with van der Waals surface area (Å²) in [6.07, 6.45) is 3.48. The lowest BCUT2D eigenvalue weighted by molar-refractivity contribution is 0.539. The lowest BCUT2D eigenvalue weighted by atomic mass is 10.00. The highest BCUT2D eigenvalue weighted by Gasteiger charge is 2.14. The van der Waals surface area contributed by atoms with Gasteiger partial charge in [0.25, 0.3) is 0 Å². The van der Waals surface area contributed by atoms with Gasteiger partial charge in [-0.3, -0.25) is 4.98 Å². The Labute approximate surface area is 127 Å². The summed E-state index contributed by atoms with van der Waals surface area (Å²) >= 11 is 12.2. The molecule has 0 aliphatic rings. The number of hydrogen-bond acceptors (Lipinski definition) is 2. The zero-order valence-corrected chi connectivity index (χ0v) is 12.5. The van der Waals surface area contributed by atoms with E-state index in [-0.39, 0.29) is 11.9 Å². The highest BCUT2D eigenvalue weighted by molar-refractivity contribution is 6.33. The van der Waals surface area contributed by atoms with Gasteiger partial charge in [-0.2, -0.15) is 0 Å². The second-order valence-corrected chi connectivity index (χ2v) is 5.33. The number of nitrogens with zero attached hydrogens (tertiary/aromatic N) is 1. The van der Waals surface area contributed by atoms with E-state index in [2.05, 4.69) is 10.3 Å². The van der Waals surface area contributed by atoms with Gasteiger partial charge in [0, 0.05) is 22.3 Å². The molecule has 0 amide bonds. The van der Waals surface area contributed by atoms with Crippen molar-refractivity contribution in [3.63, 3.8) is 0 Å². The molecule has 20 heavy (non-hydrogen) atoms. The maximum Gasteiger partial charge on any atom is 0.141 e. The van der Waals surface area contributed by atoms with Gasteiger partial charge in [0.1, 0.15) is 5.82 Å². The van der Waals surface area contributed by atoms with Gasteiger partial charge in [-0.05, 0) is 48.4 Å². The molecule has 1 heterocycles. The third-order valence-electron chi connectivity index (χ3n) is 3.01. The normalized spacial score (nSPS) is 12.4. The molecule has 1 aromatic heterocycles. The Kier molecular flexibility index (Phi) is 5.35. The first-order chi connectivity index (χ1) is 9.60. The summed E-state index contributed by atoms with van der Waals surface area (Å²) in [5.74, 6) is -0.345. The average molecular weight is 313 g/mol. The van der Waals surface area contributed by atoms with E-state index in [0.717, 1.165) is 17.7 Å². The minimum Gasteiger partial charge on any atom is -0.310 e. The van der Waals surface area contributed by atoms with Crippen LogP contribution < -0.4 is 5.32 Å². The van der Waals surface area contributed by atoms with E-state index in [9.17, 15) is 4.39 Å². The number of hydrogen-bond donors (Lipinski definition) is 1. The molecule has 1 unspecified atom stereocenters. The quantitative estimate of drug-likeness (QED) is 0.884. The van der Waals surface area contributed by atoms with Crippen LogP contribution in [-0.4, -0.2) is 11.5 Å². The van der Waals surface area contributed by atoms with Crippen LogP contribution in [0.5, 0.6) is 0 Å². The number of halogens is 3. The van der Waals surface area contributed by atoms with Gasteiger partial charge in [-0.25, -0.2) is 4.39 Å². The van der Waals surface area contributed by atoms with Crippen LogP contribution in [0.3, 0.4) is 0 Å². The fourth-order valence-electron chi connectivity index (χ4n) is 2.09. The van der Waals surface area contributed by atoms with Crippen molar-refractivity contribution in [2.75, 3.05) is 6.54 Å². The lowest BCUT2D eigenvalue weighted by Gasteiger charge is -2.19. The molecule has 0 saturated carbocycles. The topological polar surface area (TPSA) is 24.9 Å². The lowest BCUT2D eigenvalue weighted by Crippen LogP contribution is -2.23. The molecule has 2 aromatic rings. The minimum absolute atomic E-state index is 0.0563. The van der Waals surface area contributed by atoms with Crippen molar-refractivity contribution in [2.24, 2.45) is 0 Å². The maximum atomic E-state index is 13.3. The molecule has 0 saturated heterocycles. The van der Waals surface area contributed by atoms with Crippen molar-refractivity contribution in [3.05, 3.63) is 63.6 Å². The Morgan fingerprint density at radius 1 is 1.25 bits per heavy atom. The molecule has 0 aliphatic carbocycles. The standard InChI is InChI=1S/C15H15Cl2FN2/c1-2-20-15(11-6-13(18)9-19-8-11)7-10-5-12(16)3-4-14(10)17/h3-6,8-9,15,20H,2,7H2,1H3. The Hall–Kier alpha value is -1.16. The van der Waals surface area contributed by atoms with E-state index in [1.807, 2.05) is 13.0 Å². The largest absolute Gasteiger partial charge is 0.310 e. The molecule has 0 spiro atoms. The van der Waals surface area contributed by atoms with Gasteiger partial charge in [0.2, 0.25) is 0 Å². The first-order valence-corrected chi connectivity index (χ1v) is 7.13. The summed E-state index contributed by atoms with van der Waals surface area (Å²) in [4.78, 5) is 3.89. The summed E-state index contributed by atoms with van der Waals surface area (Å²) in [5, 5.41) is 4.60. The van der Waals surface area contributed by atoms with Gasteiger partial charge < -0.3 is 5.32 Å². The van der Waals surface area contributed by atoms with Crippen LogP contribution in [0, 0.1) is 5.82 Å². The Morgan fingerprint density at radius 3 is 2.75 bits per heavy atom. The molecule has 0 fully saturated rings. The van der Waals surface area contributed by atoms with Gasteiger partial charge >= 0.3 is 0 Å².